The first-order chi connectivity index (χ1) is 25.9. The number of nitrogens with zero attached hydrogens (tertiary/aromatic N) is 7. The summed E-state index contributed by atoms with van der Waals surface area (Å²) >= 11 is 23.8. The van der Waals surface area contributed by atoms with Crippen LogP contribution in [0.5, 0.6) is 0 Å². The Kier molecular flexibility index (Phi) is 17.8. The molecule has 0 atom stereocenters. The molecule has 13 nitrogen and oxygen atoms in total. The second-order valence-electron chi connectivity index (χ2n) is 14.8. The number of piperazine rings is 2. The highest BCUT2D eigenvalue weighted by atomic mass is 35.5. The Morgan fingerprint density at radius 2 is 1.16 bits per heavy atom. The molecule has 6 rings (SSSR count). The molecule has 1 N–H and O–H groups in total. The maximum Gasteiger partial charge on any atom is 0.410 e. The first-order valence-corrected chi connectivity index (χ1v) is 19.2. The van der Waals surface area contributed by atoms with Gasteiger partial charge in [0, 0.05) is 86.9 Å². The third kappa shape index (κ3) is 15.1. The fraction of sp³-hybridized carbons (Fsp3) is 0.447. The van der Waals surface area contributed by atoms with E-state index in [0.717, 1.165) is 63.4 Å². The molecule has 2 fully saturated rings. The van der Waals surface area contributed by atoms with Crippen LogP contribution in [0.1, 0.15) is 57.5 Å². The van der Waals surface area contributed by atoms with Crippen LogP contribution in [0.2, 0.25) is 20.1 Å². The summed E-state index contributed by atoms with van der Waals surface area (Å²) in [5, 5.41) is 13.7. The van der Waals surface area contributed by atoms with E-state index in [1.807, 2.05) is 59.7 Å². The average Bonchev–Trinajstić information content (AvgIpc) is 3.76. The lowest BCUT2D eigenvalue weighted by atomic mass is 10.1. The summed E-state index contributed by atoms with van der Waals surface area (Å²) in [6.07, 6.45) is 6.77. The van der Waals surface area contributed by atoms with Crippen molar-refractivity contribution in [2.75, 3.05) is 52.4 Å². The molecule has 4 aromatic rings. The van der Waals surface area contributed by atoms with Gasteiger partial charge in [-0.25, -0.2) is 19.0 Å². The molecule has 18 heteroatoms. The van der Waals surface area contributed by atoms with Gasteiger partial charge in [-0.3, -0.25) is 9.69 Å². The Labute approximate surface area is 354 Å². The molecule has 0 radical (unpaired) electrons. The van der Waals surface area contributed by atoms with Crippen molar-refractivity contribution in [2.24, 2.45) is 0 Å². The molecule has 2 aromatic carbocycles. The number of carbonyl (C=O) groups excluding carboxylic acids is 3. The van der Waals surface area contributed by atoms with E-state index in [2.05, 4.69) is 20.4 Å². The van der Waals surface area contributed by atoms with Crippen LogP contribution in [0, 0.1) is 0 Å². The second-order valence-corrected chi connectivity index (χ2v) is 16.5. The summed E-state index contributed by atoms with van der Waals surface area (Å²) in [6, 6.07) is 10.7. The summed E-state index contributed by atoms with van der Waals surface area (Å²) in [6.45, 7) is 18.1. The van der Waals surface area contributed by atoms with Crippen molar-refractivity contribution in [1.82, 2.24) is 39.6 Å². The smallest absolute Gasteiger partial charge is 0.410 e. The molecule has 2 aromatic heterocycles. The number of halogens is 5. The molecular formula is C38H49Cl5N8O5. The van der Waals surface area contributed by atoms with E-state index in [1.165, 1.54) is 10.9 Å². The van der Waals surface area contributed by atoms with E-state index in [1.54, 1.807) is 51.3 Å². The molecule has 2 saturated heterocycles. The fourth-order valence-corrected chi connectivity index (χ4v) is 6.00. The Balaban J connectivity index is 0.000000245. The lowest BCUT2D eigenvalue weighted by Gasteiger charge is -2.35. The Hall–Kier alpha value is -3.56. The zero-order chi connectivity index (χ0) is 40.3. The van der Waals surface area contributed by atoms with Crippen LogP contribution in [0.3, 0.4) is 0 Å². The second kappa shape index (κ2) is 21.3. The van der Waals surface area contributed by atoms with Gasteiger partial charge < -0.3 is 24.6 Å². The van der Waals surface area contributed by atoms with E-state index < -0.39 is 5.60 Å². The predicted octanol–water partition coefficient (Wildman–Crippen LogP) is 8.47. The van der Waals surface area contributed by atoms with E-state index in [0.29, 0.717) is 44.4 Å². The molecular weight excluding hydrogens is 826 g/mol. The van der Waals surface area contributed by atoms with E-state index >= 15 is 0 Å². The minimum Gasteiger partial charge on any atom is -0.444 e. The molecule has 0 aliphatic carbocycles. The van der Waals surface area contributed by atoms with Crippen LogP contribution in [0.25, 0.3) is 11.4 Å². The molecule has 0 bridgehead atoms. The SMILES string of the molecule is CC(C)(C)OC(=O)N1CCN(Cc2ccc(Cl)cc2-n2cc(Cl)cn2)CC1.CC(C)(C)OC(=O)N1CCNCC1.Cl.O=Cc1ccc(Cl)cc1-n1cc(Cl)cn1. The number of hydrogen-bond donors (Lipinski definition) is 1. The van der Waals surface area contributed by atoms with Gasteiger partial charge in [0.25, 0.3) is 0 Å². The number of benzene rings is 2. The van der Waals surface area contributed by atoms with Crippen molar-refractivity contribution in [3.8, 4) is 11.4 Å². The predicted molar refractivity (Wildman–Crippen MR) is 224 cm³/mol. The number of amides is 2. The molecule has 0 saturated carbocycles. The van der Waals surface area contributed by atoms with Gasteiger partial charge in [0.15, 0.2) is 6.29 Å². The van der Waals surface area contributed by atoms with Crippen LogP contribution in [-0.2, 0) is 16.0 Å². The van der Waals surface area contributed by atoms with Crippen molar-refractivity contribution >= 4 is 77.3 Å². The molecule has 56 heavy (non-hydrogen) atoms. The zero-order valence-corrected chi connectivity index (χ0v) is 36.1. The molecule has 2 amide bonds. The minimum atomic E-state index is -0.475. The van der Waals surface area contributed by atoms with Gasteiger partial charge in [-0.15, -0.1) is 12.4 Å². The summed E-state index contributed by atoms with van der Waals surface area (Å²) in [5.41, 5.74) is 2.27. The minimum absolute atomic E-state index is 0. The molecule has 4 heterocycles. The number of rotatable bonds is 5. The standard InChI is InChI=1S/C19H24Cl2N4O2.C10H6Cl2N2O.C9H18N2O2.ClH/c1-19(2,3)27-18(26)24-8-6-23(7-9-24)12-14-4-5-15(20)10-17(14)25-13-16(21)11-22-25;11-8-2-1-7(6-15)10(3-8)14-5-9(12)4-13-14;1-9(2,3)13-8(12)11-6-4-10-5-7-11;/h4-5,10-11,13H,6-9,12H2,1-3H3;1-6H;10H,4-7H2,1-3H3;1H. The molecule has 2 aliphatic heterocycles. The monoisotopic (exact) mass is 872 g/mol. The van der Waals surface area contributed by atoms with Gasteiger partial charge in [0.05, 0.1) is 33.8 Å². The fourth-order valence-electron chi connectivity index (χ4n) is 5.39. The highest BCUT2D eigenvalue weighted by Gasteiger charge is 2.26. The topological polar surface area (TPSA) is 127 Å². The van der Waals surface area contributed by atoms with Crippen molar-refractivity contribution in [3.05, 3.63) is 92.4 Å². The van der Waals surface area contributed by atoms with Crippen molar-refractivity contribution in [2.45, 2.75) is 59.3 Å². The number of nitrogens with one attached hydrogen (secondary N) is 1. The number of ether oxygens (including phenoxy) is 2. The number of carbonyl (C=O) groups is 3. The third-order valence-corrected chi connectivity index (χ3v) is 8.81. The Morgan fingerprint density at radius 1 is 0.696 bits per heavy atom. The average molecular weight is 875 g/mol. The molecule has 2 aliphatic rings. The van der Waals surface area contributed by atoms with Gasteiger partial charge in [-0.1, -0.05) is 52.5 Å². The summed E-state index contributed by atoms with van der Waals surface area (Å²) in [5.74, 6) is 0. The van der Waals surface area contributed by atoms with Crippen molar-refractivity contribution in [3.63, 3.8) is 0 Å². The lowest BCUT2D eigenvalue weighted by molar-refractivity contribution is 0.0138. The van der Waals surface area contributed by atoms with E-state index in [9.17, 15) is 14.4 Å². The van der Waals surface area contributed by atoms with Crippen LogP contribution < -0.4 is 5.32 Å². The Bertz CT molecular complexity index is 1900. The summed E-state index contributed by atoms with van der Waals surface area (Å²) in [7, 11) is 0. The summed E-state index contributed by atoms with van der Waals surface area (Å²) < 4.78 is 13.9. The maximum absolute atomic E-state index is 12.2. The van der Waals surface area contributed by atoms with E-state index in [4.69, 9.17) is 55.9 Å². The normalized spacial score (nSPS) is 14.7. The van der Waals surface area contributed by atoms with Gasteiger partial charge in [0.2, 0.25) is 0 Å². The number of aldehydes is 1. The lowest BCUT2D eigenvalue weighted by Crippen LogP contribution is -2.49. The molecule has 0 spiro atoms. The van der Waals surface area contributed by atoms with Gasteiger partial charge in [0.1, 0.15) is 11.2 Å². The summed E-state index contributed by atoms with van der Waals surface area (Å²) in [4.78, 5) is 40.3. The van der Waals surface area contributed by atoms with Crippen molar-refractivity contribution in [1.29, 1.82) is 0 Å². The number of aromatic nitrogens is 4. The quantitative estimate of drug-likeness (QED) is 0.197. The van der Waals surface area contributed by atoms with Gasteiger partial charge in [-0.2, -0.15) is 10.2 Å². The maximum atomic E-state index is 12.2. The van der Waals surface area contributed by atoms with Crippen LogP contribution >= 0.6 is 58.8 Å². The van der Waals surface area contributed by atoms with Crippen LogP contribution in [0.4, 0.5) is 9.59 Å². The van der Waals surface area contributed by atoms with Gasteiger partial charge in [-0.05, 0) is 77.4 Å². The highest BCUT2D eigenvalue weighted by molar-refractivity contribution is 6.31. The first kappa shape index (κ1) is 46.8. The third-order valence-electron chi connectivity index (χ3n) is 7.95. The largest absolute Gasteiger partial charge is 0.444 e. The van der Waals surface area contributed by atoms with Gasteiger partial charge >= 0.3 is 12.2 Å². The van der Waals surface area contributed by atoms with Crippen LogP contribution in [-0.4, -0.2) is 116 Å². The van der Waals surface area contributed by atoms with E-state index in [-0.39, 0.29) is 30.2 Å². The Morgan fingerprint density at radius 3 is 1.62 bits per heavy atom. The molecule has 0 unspecified atom stereocenters. The van der Waals surface area contributed by atoms with Crippen molar-refractivity contribution < 1.29 is 23.9 Å². The van der Waals surface area contributed by atoms with Crippen LogP contribution in [0.15, 0.2) is 61.2 Å². The first-order valence-electron chi connectivity index (χ1n) is 17.7. The number of hydrogen-bond acceptors (Lipinski definition) is 9. The zero-order valence-electron chi connectivity index (χ0n) is 32.3. The molecule has 306 valence electrons. The highest BCUT2D eigenvalue weighted by Crippen LogP contribution is 2.24.